The molecule has 28 heavy (non-hydrogen) atoms. The number of aromatic nitrogens is 2. The molecule has 0 amide bonds. The Morgan fingerprint density at radius 3 is 2.43 bits per heavy atom. The zero-order valence-electron chi connectivity index (χ0n) is 15.5. The van der Waals surface area contributed by atoms with Crippen LogP contribution in [0.1, 0.15) is 23.9 Å². The van der Waals surface area contributed by atoms with Gasteiger partial charge in [0.25, 0.3) is 5.89 Å². The van der Waals surface area contributed by atoms with Crippen LogP contribution < -0.4 is 5.43 Å². The molecule has 4 rings (SSSR count). The van der Waals surface area contributed by atoms with Crippen molar-refractivity contribution in [2.45, 2.75) is 13.3 Å². The lowest BCUT2D eigenvalue weighted by molar-refractivity contribution is 0.429. The molecule has 5 nitrogen and oxygen atoms in total. The molecule has 0 unspecified atom stereocenters. The van der Waals surface area contributed by atoms with E-state index in [9.17, 15) is 0 Å². The monoisotopic (exact) mass is 368 g/mol. The fourth-order valence-corrected chi connectivity index (χ4v) is 2.84. The predicted molar refractivity (Wildman–Crippen MR) is 111 cm³/mol. The van der Waals surface area contributed by atoms with E-state index in [1.54, 1.807) is 0 Å². The van der Waals surface area contributed by atoms with Gasteiger partial charge >= 0.3 is 0 Å². The Morgan fingerprint density at radius 1 is 0.929 bits per heavy atom. The molecule has 0 saturated carbocycles. The van der Waals surface area contributed by atoms with Crippen LogP contribution in [-0.2, 0) is 6.42 Å². The Hall–Kier alpha value is -3.73. The van der Waals surface area contributed by atoms with Crippen molar-refractivity contribution in [1.29, 1.82) is 0 Å². The lowest BCUT2D eigenvalue weighted by Crippen LogP contribution is -2.08. The summed E-state index contributed by atoms with van der Waals surface area (Å²) in [6.07, 6.45) is 0.968. The summed E-state index contributed by atoms with van der Waals surface area (Å²) in [4.78, 5) is 4.55. The summed E-state index contributed by atoms with van der Waals surface area (Å²) in [7, 11) is 0. The summed E-state index contributed by atoms with van der Waals surface area (Å²) < 4.78 is 5.47. The topological polar surface area (TPSA) is 63.3 Å². The van der Waals surface area contributed by atoms with Gasteiger partial charge in [0, 0.05) is 11.1 Å². The van der Waals surface area contributed by atoms with Crippen LogP contribution in [0.3, 0.4) is 0 Å². The van der Waals surface area contributed by atoms with Crippen LogP contribution in [0.5, 0.6) is 0 Å². The van der Waals surface area contributed by atoms with E-state index in [2.05, 4.69) is 39.7 Å². The summed E-state index contributed by atoms with van der Waals surface area (Å²) in [6.45, 7) is 2.13. The van der Waals surface area contributed by atoms with Gasteiger partial charge in [0.05, 0.1) is 5.69 Å². The number of hydrogen-bond donors (Lipinski definition) is 1. The van der Waals surface area contributed by atoms with E-state index in [1.807, 2.05) is 72.8 Å². The maximum absolute atomic E-state index is 5.47. The second kappa shape index (κ2) is 8.31. The number of rotatable bonds is 6. The van der Waals surface area contributed by atoms with Gasteiger partial charge in [-0.3, -0.25) is 5.43 Å². The Morgan fingerprint density at radius 2 is 1.68 bits per heavy atom. The number of nitrogens with one attached hydrogen (secondary N) is 1. The number of aryl methyl sites for hydroxylation is 1. The zero-order chi connectivity index (χ0) is 19.2. The summed E-state index contributed by atoms with van der Waals surface area (Å²) >= 11 is 0. The highest BCUT2D eigenvalue weighted by atomic mass is 16.5. The Bertz CT molecular complexity index is 1070. The van der Waals surface area contributed by atoms with E-state index >= 15 is 0 Å². The molecule has 138 valence electrons. The molecule has 5 heteroatoms. The van der Waals surface area contributed by atoms with E-state index in [0.29, 0.717) is 17.4 Å². The maximum Gasteiger partial charge on any atom is 0.258 e. The zero-order valence-corrected chi connectivity index (χ0v) is 15.5. The number of anilines is 1. The largest absolute Gasteiger partial charge is 0.334 e. The molecule has 3 aromatic carbocycles. The van der Waals surface area contributed by atoms with E-state index < -0.39 is 0 Å². The Balaban J connectivity index is 1.69. The molecular weight excluding hydrogens is 348 g/mol. The minimum Gasteiger partial charge on any atom is -0.334 e. The first-order valence-corrected chi connectivity index (χ1v) is 9.21. The van der Waals surface area contributed by atoms with Gasteiger partial charge in [0.15, 0.2) is 0 Å². The van der Waals surface area contributed by atoms with Crippen molar-refractivity contribution < 1.29 is 4.52 Å². The number of hydrogen-bond acceptors (Lipinski definition) is 5. The highest BCUT2D eigenvalue weighted by Crippen LogP contribution is 2.18. The molecule has 0 saturated heterocycles. The highest BCUT2D eigenvalue weighted by Gasteiger charge is 2.16. The van der Waals surface area contributed by atoms with Crippen LogP contribution in [0.25, 0.3) is 11.5 Å². The lowest BCUT2D eigenvalue weighted by atomic mass is 10.1. The molecule has 0 aliphatic heterocycles. The molecule has 0 radical (unpaired) electrons. The van der Waals surface area contributed by atoms with Crippen molar-refractivity contribution in [1.82, 2.24) is 10.1 Å². The highest BCUT2D eigenvalue weighted by molar-refractivity contribution is 6.10. The van der Waals surface area contributed by atoms with Crippen LogP contribution in [0.2, 0.25) is 0 Å². The third-order valence-electron chi connectivity index (χ3n) is 4.34. The Kier molecular flexibility index (Phi) is 5.24. The molecule has 0 aliphatic carbocycles. The van der Waals surface area contributed by atoms with E-state index in [0.717, 1.165) is 23.2 Å². The molecule has 0 bridgehead atoms. The van der Waals surface area contributed by atoms with Gasteiger partial charge < -0.3 is 4.52 Å². The van der Waals surface area contributed by atoms with Crippen LogP contribution in [0, 0.1) is 0 Å². The normalized spacial score (nSPS) is 11.4. The van der Waals surface area contributed by atoms with E-state index in [4.69, 9.17) is 4.52 Å². The van der Waals surface area contributed by atoms with Crippen LogP contribution in [0.15, 0.2) is 94.6 Å². The SMILES string of the molecule is CCc1cccc(N/N=C(\c2ccccc2)c2noc(-c3ccccc3)n2)c1. The number of hydrazone groups is 1. The van der Waals surface area contributed by atoms with E-state index in [1.165, 1.54) is 5.56 Å². The standard InChI is InChI=1S/C23H20N4O/c1-2-17-10-9-15-20(16-17)25-26-21(18-11-5-3-6-12-18)22-24-23(28-27-22)19-13-7-4-8-14-19/h3-16,25H,2H2,1H3/b26-21+. The van der Waals surface area contributed by atoms with Gasteiger partial charge in [-0.1, -0.05) is 72.7 Å². The summed E-state index contributed by atoms with van der Waals surface area (Å²) in [6, 6.07) is 27.7. The van der Waals surface area contributed by atoms with Gasteiger partial charge in [-0.2, -0.15) is 10.1 Å². The first-order chi connectivity index (χ1) is 13.8. The molecule has 1 heterocycles. The number of nitrogens with zero attached hydrogens (tertiary/aromatic N) is 3. The average molecular weight is 368 g/mol. The van der Waals surface area contributed by atoms with Crippen LogP contribution in [0.4, 0.5) is 5.69 Å². The lowest BCUT2D eigenvalue weighted by Gasteiger charge is -2.06. The van der Waals surface area contributed by atoms with Crippen molar-refractivity contribution in [3.8, 4) is 11.5 Å². The van der Waals surface area contributed by atoms with Gasteiger partial charge in [0.1, 0.15) is 5.71 Å². The van der Waals surface area contributed by atoms with Crippen molar-refractivity contribution in [3.63, 3.8) is 0 Å². The molecule has 1 aromatic heterocycles. The predicted octanol–water partition coefficient (Wildman–Crippen LogP) is 5.16. The van der Waals surface area contributed by atoms with Gasteiger partial charge in [-0.25, -0.2) is 0 Å². The molecular formula is C23H20N4O. The minimum atomic E-state index is 0.434. The van der Waals surface area contributed by atoms with Crippen molar-refractivity contribution >= 4 is 11.4 Å². The quantitative estimate of drug-likeness (QED) is 0.377. The molecule has 0 aliphatic rings. The third-order valence-corrected chi connectivity index (χ3v) is 4.34. The van der Waals surface area contributed by atoms with Gasteiger partial charge in [0.2, 0.25) is 5.82 Å². The molecule has 0 atom stereocenters. The van der Waals surface area contributed by atoms with Crippen molar-refractivity contribution in [3.05, 3.63) is 102 Å². The van der Waals surface area contributed by atoms with Gasteiger partial charge in [-0.05, 0) is 36.2 Å². The van der Waals surface area contributed by atoms with Crippen LogP contribution >= 0.6 is 0 Å². The fraction of sp³-hybridized carbons (Fsp3) is 0.0870. The average Bonchev–Trinajstić information content (AvgIpc) is 3.25. The first-order valence-electron chi connectivity index (χ1n) is 9.21. The van der Waals surface area contributed by atoms with Crippen molar-refractivity contribution in [2.24, 2.45) is 5.10 Å². The van der Waals surface area contributed by atoms with Gasteiger partial charge in [-0.15, -0.1) is 0 Å². The molecule has 0 spiro atoms. The molecule has 1 N–H and O–H groups in total. The maximum atomic E-state index is 5.47. The summed E-state index contributed by atoms with van der Waals surface area (Å²) in [5.74, 6) is 0.899. The third kappa shape index (κ3) is 3.99. The first kappa shape index (κ1) is 17.7. The van der Waals surface area contributed by atoms with Crippen LogP contribution in [-0.4, -0.2) is 15.9 Å². The summed E-state index contributed by atoms with van der Waals surface area (Å²) in [5.41, 5.74) is 7.69. The van der Waals surface area contributed by atoms with E-state index in [-0.39, 0.29) is 0 Å². The molecule has 0 fully saturated rings. The fourth-order valence-electron chi connectivity index (χ4n) is 2.84. The minimum absolute atomic E-state index is 0.434. The van der Waals surface area contributed by atoms with Crippen molar-refractivity contribution in [2.75, 3.05) is 5.43 Å². The molecule has 4 aromatic rings. The second-order valence-electron chi connectivity index (χ2n) is 6.28. The Labute approximate surface area is 163 Å². The second-order valence-corrected chi connectivity index (χ2v) is 6.28. The number of benzene rings is 3. The summed E-state index contributed by atoms with van der Waals surface area (Å²) in [5, 5.41) is 8.76. The smallest absolute Gasteiger partial charge is 0.258 e.